The van der Waals surface area contributed by atoms with Crippen LogP contribution in [0, 0.1) is 6.92 Å². The lowest BCUT2D eigenvalue weighted by atomic mass is 10.1. The van der Waals surface area contributed by atoms with Gasteiger partial charge in [-0.1, -0.05) is 19.1 Å². The molecule has 2 aromatic rings. The number of hydrogen-bond donors (Lipinski definition) is 0. The largest absolute Gasteiger partial charge is 0.493 e. The summed E-state index contributed by atoms with van der Waals surface area (Å²) < 4.78 is 11.3. The van der Waals surface area contributed by atoms with Crippen LogP contribution in [0.2, 0.25) is 0 Å². The molecule has 106 valence electrons. The van der Waals surface area contributed by atoms with E-state index in [-0.39, 0.29) is 0 Å². The molecule has 2 rings (SSSR count). The highest BCUT2D eigenvalue weighted by atomic mass is 35.5. The van der Waals surface area contributed by atoms with Crippen LogP contribution in [0.5, 0.6) is 17.2 Å². The molecule has 0 aromatic heterocycles. The molecule has 3 heteroatoms. The molecule has 0 N–H and O–H groups in total. The summed E-state index contributed by atoms with van der Waals surface area (Å²) in [5.41, 5.74) is 3.47. The van der Waals surface area contributed by atoms with E-state index in [9.17, 15) is 0 Å². The van der Waals surface area contributed by atoms with Gasteiger partial charge >= 0.3 is 0 Å². The van der Waals surface area contributed by atoms with Crippen molar-refractivity contribution in [1.29, 1.82) is 0 Å². The molecule has 0 heterocycles. The predicted molar refractivity (Wildman–Crippen MR) is 83.2 cm³/mol. The molecule has 0 fully saturated rings. The van der Waals surface area contributed by atoms with Gasteiger partial charge in [-0.05, 0) is 54.3 Å². The van der Waals surface area contributed by atoms with Gasteiger partial charge in [0.15, 0.2) is 11.5 Å². The van der Waals surface area contributed by atoms with Gasteiger partial charge in [0, 0.05) is 5.88 Å². The summed E-state index contributed by atoms with van der Waals surface area (Å²) in [7, 11) is 1.66. The molecule has 0 unspecified atom stereocenters. The van der Waals surface area contributed by atoms with E-state index in [0.717, 1.165) is 34.8 Å². The SMILES string of the molecule is CCc1ccc(Oc2ccc(CCl)c(C)c2)c(OC)c1. The van der Waals surface area contributed by atoms with Gasteiger partial charge in [-0.25, -0.2) is 0 Å². The molecule has 0 aliphatic rings. The standard InChI is InChI=1S/C17H19ClO2/c1-4-13-5-8-16(17(10-13)19-3)20-15-7-6-14(11-18)12(2)9-15/h5-10H,4,11H2,1-3H3. The molecule has 0 aliphatic heterocycles. The summed E-state index contributed by atoms with van der Waals surface area (Å²) in [4.78, 5) is 0. The second-order valence-corrected chi connectivity index (χ2v) is 4.93. The summed E-state index contributed by atoms with van der Waals surface area (Å²) in [6.07, 6.45) is 0.972. The van der Waals surface area contributed by atoms with Crippen LogP contribution in [0.3, 0.4) is 0 Å². The molecule has 0 saturated heterocycles. The zero-order valence-corrected chi connectivity index (χ0v) is 12.8. The number of ether oxygens (including phenoxy) is 2. The van der Waals surface area contributed by atoms with Crippen molar-refractivity contribution in [1.82, 2.24) is 0 Å². The molecule has 0 spiro atoms. The van der Waals surface area contributed by atoms with Crippen LogP contribution in [0.15, 0.2) is 36.4 Å². The van der Waals surface area contributed by atoms with Crippen molar-refractivity contribution < 1.29 is 9.47 Å². The minimum atomic E-state index is 0.515. The van der Waals surface area contributed by atoms with E-state index in [1.807, 2.05) is 37.3 Å². The number of benzene rings is 2. The van der Waals surface area contributed by atoms with Gasteiger partial charge in [-0.2, -0.15) is 0 Å². The fourth-order valence-corrected chi connectivity index (χ4v) is 2.32. The van der Waals surface area contributed by atoms with E-state index in [1.165, 1.54) is 5.56 Å². The third-order valence-electron chi connectivity index (χ3n) is 3.32. The Morgan fingerprint density at radius 2 is 1.85 bits per heavy atom. The summed E-state index contributed by atoms with van der Waals surface area (Å²) in [5, 5.41) is 0. The van der Waals surface area contributed by atoms with E-state index in [0.29, 0.717) is 5.88 Å². The maximum Gasteiger partial charge on any atom is 0.169 e. The highest BCUT2D eigenvalue weighted by molar-refractivity contribution is 6.17. The lowest BCUT2D eigenvalue weighted by Crippen LogP contribution is -1.93. The fraction of sp³-hybridized carbons (Fsp3) is 0.294. The van der Waals surface area contributed by atoms with Gasteiger partial charge in [0.25, 0.3) is 0 Å². The monoisotopic (exact) mass is 290 g/mol. The van der Waals surface area contributed by atoms with Gasteiger partial charge in [-0.3, -0.25) is 0 Å². The molecule has 0 bridgehead atoms. The molecular weight excluding hydrogens is 272 g/mol. The van der Waals surface area contributed by atoms with Gasteiger partial charge in [0.2, 0.25) is 0 Å². The van der Waals surface area contributed by atoms with Gasteiger partial charge < -0.3 is 9.47 Å². The lowest BCUT2D eigenvalue weighted by molar-refractivity contribution is 0.378. The maximum atomic E-state index is 5.91. The number of methoxy groups -OCH3 is 1. The second-order valence-electron chi connectivity index (χ2n) is 4.66. The Bertz CT molecular complexity index is 594. The zero-order chi connectivity index (χ0) is 14.5. The topological polar surface area (TPSA) is 18.5 Å². The Hall–Kier alpha value is -1.67. The van der Waals surface area contributed by atoms with Crippen molar-refractivity contribution in [3.8, 4) is 17.2 Å². The highest BCUT2D eigenvalue weighted by Crippen LogP contribution is 2.33. The smallest absolute Gasteiger partial charge is 0.169 e. The average molecular weight is 291 g/mol. The van der Waals surface area contributed by atoms with E-state index in [4.69, 9.17) is 21.1 Å². The number of alkyl halides is 1. The molecule has 0 amide bonds. The summed E-state index contributed by atoms with van der Waals surface area (Å²) in [5.74, 6) is 2.78. The van der Waals surface area contributed by atoms with E-state index in [2.05, 4.69) is 13.0 Å². The van der Waals surface area contributed by atoms with Crippen LogP contribution in [-0.2, 0) is 12.3 Å². The Labute approximate surface area is 125 Å². The molecule has 0 radical (unpaired) electrons. The van der Waals surface area contributed by atoms with Crippen LogP contribution < -0.4 is 9.47 Å². The van der Waals surface area contributed by atoms with Gasteiger partial charge in [-0.15, -0.1) is 11.6 Å². The molecular formula is C17H19ClO2. The maximum absolute atomic E-state index is 5.91. The third kappa shape index (κ3) is 3.26. The quantitative estimate of drug-likeness (QED) is 0.714. The van der Waals surface area contributed by atoms with Crippen LogP contribution >= 0.6 is 11.6 Å². The van der Waals surface area contributed by atoms with Crippen molar-refractivity contribution in [2.75, 3.05) is 7.11 Å². The first-order valence-corrected chi connectivity index (χ1v) is 7.21. The van der Waals surface area contributed by atoms with Crippen molar-refractivity contribution in [2.45, 2.75) is 26.1 Å². The van der Waals surface area contributed by atoms with Crippen molar-refractivity contribution >= 4 is 11.6 Å². The van der Waals surface area contributed by atoms with E-state index >= 15 is 0 Å². The molecule has 0 atom stereocenters. The highest BCUT2D eigenvalue weighted by Gasteiger charge is 2.07. The number of hydrogen-bond acceptors (Lipinski definition) is 2. The molecule has 2 aromatic carbocycles. The lowest BCUT2D eigenvalue weighted by Gasteiger charge is -2.12. The molecule has 0 aliphatic carbocycles. The van der Waals surface area contributed by atoms with Crippen molar-refractivity contribution in [2.24, 2.45) is 0 Å². The third-order valence-corrected chi connectivity index (χ3v) is 3.61. The van der Waals surface area contributed by atoms with Crippen LogP contribution in [-0.4, -0.2) is 7.11 Å². The second kappa shape index (κ2) is 6.67. The number of halogens is 1. The molecule has 2 nitrogen and oxygen atoms in total. The van der Waals surface area contributed by atoms with Crippen molar-refractivity contribution in [3.63, 3.8) is 0 Å². The van der Waals surface area contributed by atoms with Crippen LogP contribution in [0.1, 0.15) is 23.6 Å². The van der Waals surface area contributed by atoms with Crippen LogP contribution in [0.25, 0.3) is 0 Å². The summed E-state index contributed by atoms with van der Waals surface area (Å²) in [6.45, 7) is 4.14. The first-order chi connectivity index (χ1) is 9.67. The first kappa shape index (κ1) is 14.7. The fourth-order valence-electron chi connectivity index (χ4n) is 2.02. The average Bonchev–Trinajstić information content (AvgIpc) is 2.48. The summed E-state index contributed by atoms with van der Waals surface area (Å²) >= 11 is 5.86. The van der Waals surface area contributed by atoms with E-state index in [1.54, 1.807) is 7.11 Å². The number of aryl methyl sites for hydroxylation is 2. The Kier molecular flexibility index (Phi) is 4.91. The van der Waals surface area contributed by atoms with Crippen LogP contribution in [0.4, 0.5) is 0 Å². The molecule has 0 saturated carbocycles. The van der Waals surface area contributed by atoms with E-state index < -0.39 is 0 Å². The van der Waals surface area contributed by atoms with Gasteiger partial charge in [0.1, 0.15) is 5.75 Å². The van der Waals surface area contributed by atoms with Gasteiger partial charge in [0.05, 0.1) is 7.11 Å². The predicted octanol–water partition coefficient (Wildman–Crippen LogP) is 5.10. The Morgan fingerprint density at radius 3 is 2.45 bits per heavy atom. The minimum absolute atomic E-state index is 0.515. The molecule has 20 heavy (non-hydrogen) atoms. The Morgan fingerprint density at radius 1 is 1.05 bits per heavy atom. The zero-order valence-electron chi connectivity index (χ0n) is 12.1. The summed E-state index contributed by atoms with van der Waals surface area (Å²) in [6, 6.07) is 11.9. The normalized spacial score (nSPS) is 10.4. The first-order valence-electron chi connectivity index (χ1n) is 6.68. The Balaban J connectivity index is 2.27. The van der Waals surface area contributed by atoms with Crippen molar-refractivity contribution in [3.05, 3.63) is 53.1 Å². The minimum Gasteiger partial charge on any atom is -0.493 e. The number of rotatable bonds is 5.